The summed E-state index contributed by atoms with van der Waals surface area (Å²) in [4.78, 5) is 24.2. The summed E-state index contributed by atoms with van der Waals surface area (Å²) in [5, 5.41) is 15.0. The van der Waals surface area contributed by atoms with Gasteiger partial charge in [0.1, 0.15) is 9.75 Å². The summed E-state index contributed by atoms with van der Waals surface area (Å²) < 4.78 is 53.9. The fraction of sp³-hybridized carbons (Fsp3) is 0. The second-order valence-electron chi connectivity index (χ2n) is 9.87. The van der Waals surface area contributed by atoms with Crippen molar-refractivity contribution in [1.29, 1.82) is 0 Å². The van der Waals surface area contributed by atoms with Crippen LogP contribution in [0.1, 0.15) is 19.3 Å². The van der Waals surface area contributed by atoms with E-state index in [1.54, 1.807) is 53.9 Å². The number of hydrogen-bond donors (Lipinski definition) is 4. The first-order valence-electron chi connectivity index (χ1n) is 14.0. The van der Waals surface area contributed by atoms with E-state index in [0.717, 1.165) is 22.5 Å². The molecule has 0 aliphatic heterocycles. The summed E-state index contributed by atoms with van der Waals surface area (Å²) in [7, 11) is -7.52. The first-order chi connectivity index (χ1) is 23.0. The highest BCUT2D eigenvalue weighted by atomic mass is 32.2. The summed E-state index contributed by atoms with van der Waals surface area (Å²) >= 11 is 2.14. The minimum Gasteiger partial charge on any atom is -0.477 e. The molecule has 14 heteroatoms. The molecule has 2 aromatic heterocycles. The second kappa shape index (κ2) is 15.1. The van der Waals surface area contributed by atoms with Crippen LogP contribution in [0.3, 0.4) is 0 Å². The quantitative estimate of drug-likeness (QED) is 0.113. The maximum Gasteiger partial charge on any atom is 0.348 e. The third-order valence-electron chi connectivity index (χ3n) is 6.55. The molecule has 2 heterocycles. The van der Waals surface area contributed by atoms with E-state index in [4.69, 9.17) is 5.11 Å². The van der Waals surface area contributed by atoms with E-state index in [1.165, 1.54) is 47.0 Å². The van der Waals surface area contributed by atoms with Gasteiger partial charge in [0.15, 0.2) is 0 Å². The van der Waals surface area contributed by atoms with Crippen LogP contribution in [0.4, 0.5) is 17.1 Å². The number of benzene rings is 4. The Morgan fingerprint density at radius 1 is 0.542 bits per heavy atom. The van der Waals surface area contributed by atoms with Gasteiger partial charge in [0.25, 0.3) is 26.0 Å². The van der Waals surface area contributed by atoms with Gasteiger partial charge in [-0.15, -0.1) is 22.7 Å². The van der Waals surface area contributed by atoms with Crippen LogP contribution >= 0.6 is 22.7 Å². The molecule has 0 spiro atoms. The smallest absolute Gasteiger partial charge is 0.348 e. The van der Waals surface area contributed by atoms with Crippen LogP contribution in [-0.4, -0.2) is 33.8 Å². The molecule has 6 rings (SSSR count). The van der Waals surface area contributed by atoms with E-state index in [0.29, 0.717) is 10.6 Å². The molecule has 0 fully saturated rings. The van der Waals surface area contributed by atoms with Crippen molar-refractivity contribution in [2.24, 2.45) is 0 Å². The van der Waals surface area contributed by atoms with Gasteiger partial charge in [-0.25, -0.2) is 21.6 Å². The molecule has 10 nitrogen and oxygen atoms in total. The lowest BCUT2D eigenvalue weighted by molar-refractivity contribution is 0.0703. The molecule has 6 aromatic rings. The van der Waals surface area contributed by atoms with Crippen molar-refractivity contribution in [3.05, 3.63) is 148 Å². The van der Waals surface area contributed by atoms with Gasteiger partial charge >= 0.3 is 5.97 Å². The molecule has 0 aliphatic rings. The van der Waals surface area contributed by atoms with Crippen molar-refractivity contribution in [2.75, 3.05) is 14.8 Å². The zero-order valence-electron chi connectivity index (χ0n) is 24.8. The van der Waals surface area contributed by atoms with Crippen molar-refractivity contribution in [3.63, 3.8) is 0 Å². The second-order valence-corrected chi connectivity index (χ2v) is 15.1. The Morgan fingerprint density at radius 2 is 1.00 bits per heavy atom. The first-order valence-corrected chi connectivity index (χ1v) is 18.8. The first kappa shape index (κ1) is 34.1. The molecular weight excluding hydrogens is 691 g/mol. The Labute approximate surface area is 285 Å². The number of thiophene rings is 2. The molecule has 1 amide bonds. The van der Waals surface area contributed by atoms with Gasteiger partial charge in [0.2, 0.25) is 0 Å². The van der Waals surface area contributed by atoms with Gasteiger partial charge in [0, 0.05) is 5.69 Å². The number of hydrogen-bond acceptors (Lipinski definition) is 8. The predicted molar refractivity (Wildman–Crippen MR) is 190 cm³/mol. The number of aromatic carboxylic acids is 1. The minimum atomic E-state index is -3.78. The molecule has 0 radical (unpaired) electrons. The van der Waals surface area contributed by atoms with Crippen molar-refractivity contribution in [3.8, 4) is 11.1 Å². The fourth-order valence-corrected chi connectivity index (χ4v) is 8.07. The van der Waals surface area contributed by atoms with Crippen LogP contribution in [0, 0.1) is 0 Å². The lowest BCUT2D eigenvalue weighted by atomic mass is 10.1. The zero-order valence-corrected chi connectivity index (χ0v) is 28.1. The molecule has 0 bridgehead atoms. The molecule has 4 N–H and O–H groups in total. The molecule has 0 atom stereocenters. The van der Waals surface area contributed by atoms with E-state index >= 15 is 0 Å². The van der Waals surface area contributed by atoms with Crippen LogP contribution < -0.4 is 14.8 Å². The number of carboxylic acid groups (broad SMARTS) is 1. The lowest BCUT2D eigenvalue weighted by Crippen LogP contribution is -2.17. The standard InChI is InChI=1S/C23H18N2O3S2.C11H9NO4S2/c26-23(24-19-11-7-10-18(16-19)17-8-3-1-4-9-17)22-21(14-15-29-22)25-30(27,28)20-12-5-2-6-13-20;13-11(14)10-9(6-7-17-10)12-18(15,16)8-4-2-1-3-5-8/h1-16,25H,(H,24,26);1-7,12H,(H,13,14). The van der Waals surface area contributed by atoms with Gasteiger partial charge in [-0.05, 0) is 70.4 Å². The van der Waals surface area contributed by atoms with Crippen LogP contribution in [0.2, 0.25) is 0 Å². The highest BCUT2D eigenvalue weighted by Gasteiger charge is 2.21. The summed E-state index contributed by atoms with van der Waals surface area (Å²) in [6.07, 6.45) is 0. The lowest BCUT2D eigenvalue weighted by Gasteiger charge is -2.10. The summed E-state index contributed by atoms with van der Waals surface area (Å²) in [5.41, 5.74) is 2.98. The van der Waals surface area contributed by atoms with Gasteiger partial charge in [-0.1, -0.05) is 78.9 Å². The Balaban J connectivity index is 0.000000214. The average molecular weight is 718 g/mol. The van der Waals surface area contributed by atoms with Crippen molar-refractivity contribution < 1.29 is 31.5 Å². The summed E-state index contributed by atoms with van der Waals surface area (Å²) in [6.45, 7) is 0. The monoisotopic (exact) mass is 717 g/mol. The van der Waals surface area contributed by atoms with Crippen LogP contribution in [0.15, 0.2) is 148 Å². The van der Waals surface area contributed by atoms with E-state index in [1.807, 2.05) is 48.5 Å². The Bertz CT molecular complexity index is 2240. The zero-order chi connectivity index (χ0) is 34.1. The number of carbonyl (C=O) groups excluding carboxylic acids is 1. The maximum atomic E-state index is 12.8. The molecule has 0 saturated heterocycles. The number of amides is 1. The molecule has 0 saturated carbocycles. The molecule has 4 aromatic carbocycles. The summed E-state index contributed by atoms with van der Waals surface area (Å²) in [6, 6.07) is 36.2. The molecular formula is C34H27N3O7S4. The topological polar surface area (TPSA) is 159 Å². The number of sulfonamides is 2. The van der Waals surface area contributed by atoms with Crippen molar-refractivity contribution in [1.82, 2.24) is 0 Å². The van der Waals surface area contributed by atoms with Gasteiger partial charge in [-0.2, -0.15) is 0 Å². The van der Waals surface area contributed by atoms with E-state index in [2.05, 4.69) is 14.8 Å². The number of carboxylic acids is 1. The molecule has 48 heavy (non-hydrogen) atoms. The van der Waals surface area contributed by atoms with Gasteiger partial charge < -0.3 is 10.4 Å². The number of nitrogens with one attached hydrogen (secondary N) is 3. The summed E-state index contributed by atoms with van der Waals surface area (Å²) in [5.74, 6) is -1.53. The van der Waals surface area contributed by atoms with Crippen LogP contribution in [0.5, 0.6) is 0 Å². The third kappa shape index (κ3) is 8.54. The SMILES string of the molecule is O=C(Nc1cccc(-c2ccccc2)c1)c1sccc1NS(=O)(=O)c1ccccc1.O=C(O)c1sccc1NS(=O)(=O)c1ccccc1. The van der Waals surface area contributed by atoms with Gasteiger partial charge in [-0.3, -0.25) is 14.2 Å². The van der Waals surface area contributed by atoms with Crippen LogP contribution in [-0.2, 0) is 20.0 Å². The Morgan fingerprint density at radius 3 is 1.52 bits per heavy atom. The highest BCUT2D eigenvalue weighted by molar-refractivity contribution is 7.93. The molecule has 0 aliphatic carbocycles. The number of rotatable bonds is 10. The Hall–Kier alpha value is -5.28. The van der Waals surface area contributed by atoms with E-state index in [-0.39, 0.29) is 32.0 Å². The molecule has 244 valence electrons. The fourth-order valence-electron chi connectivity index (χ4n) is 4.32. The molecule has 0 unspecified atom stereocenters. The van der Waals surface area contributed by atoms with Crippen LogP contribution in [0.25, 0.3) is 11.1 Å². The maximum absolute atomic E-state index is 12.8. The van der Waals surface area contributed by atoms with Gasteiger partial charge in [0.05, 0.1) is 21.2 Å². The number of carbonyl (C=O) groups is 2. The minimum absolute atomic E-state index is 0.0329. The van der Waals surface area contributed by atoms with Crippen molar-refractivity contribution in [2.45, 2.75) is 9.79 Å². The van der Waals surface area contributed by atoms with E-state index in [9.17, 15) is 26.4 Å². The highest BCUT2D eigenvalue weighted by Crippen LogP contribution is 2.28. The van der Waals surface area contributed by atoms with E-state index < -0.39 is 26.0 Å². The van der Waals surface area contributed by atoms with Crippen molar-refractivity contribution >= 4 is 71.7 Å². The number of anilines is 3. The average Bonchev–Trinajstić information content (AvgIpc) is 3.76. The largest absolute Gasteiger partial charge is 0.477 e. The Kier molecular flexibility index (Phi) is 10.7. The normalized spacial score (nSPS) is 11.1. The predicted octanol–water partition coefficient (Wildman–Crippen LogP) is 7.72. The third-order valence-corrected chi connectivity index (χ3v) is 11.1.